The van der Waals surface area contributed by atoms with Gasteiger partial charge in [0.25, 0.3) is 0 Å². The maximum Gasteiger partial charge on any atom is 0.321 e. The zero-order valence-electron chi connectivity index (χ0n) is 18.8. The van der Waals surface area contributed by atoms with Gasteiger partial charge in [0.1, 0.15) is 6.04 Å². The second kappa shape index (κ2) is 18.1. The lowest BCUT2D eigenvalue weighted by molar-refractivity contribution is -0.139. The molecule has 7 heteroatoms. The van der Waals surface area contributed by atoms with E-state index in [-0.39, 0.29) is 6.42 Å². The SMILES string of the molecule is CCCCCCCCCCCC(CCCC)S(=O)(=O)N[C@@H](CCCCN)C(=O)O. The molecule has 0 aromatic heterocycles. The summed E-state index contributed by atoms with van der Waals surface area (Å²) < 4.78 is 28.2. The summed E-state index contributed by atoms with van der Waals surface area (Å²) in [6.07, 6.45) is 15.3. The van der Waals surface area contributed by atoms with Crippen LogP contribution < -0.4 is 10.5 Å². The molecule has 2 atom stereocenters. The number of sulfonamides is 1. The highest BCUT2D eigenvalue weighted by Crippen LogP contribution is 2.19. The first-order valence-corrected chi connectivity index (χ1v) is 13.4. The molecule has 0 spiro atoms. The Balaban J connectivity index is 4.50. The zero-order valence-corrected chi connectivity index (χ0v) is 19.6. The van der Waals surface area contributed by atoms with Gasteiger partial charge in [-0.1, -0.05) is 90.9 Å². The van der Waals surface area contributed by atoms with Gasteiger partial charge in [-0.25, -0.2) is 13.1 Å². The third-order valence-electron chi connectivity index (χ3n) is 5.50. The van der Waals surface area contributed by atoms with Crippen molar-refractivity contribution in [3.05, 3.63) is 0 Å². The monoisotopic (exact) mass is 434 g/mol. The van der Waals surface area contributed by atoms with Crippen LogP contribution in [0.1, 0.15) is 117 Å². The fourth-order valence-electron chi connectivity index (χ4n) is 3.59. The molecule has 0 radical (unpaired) electrons. The predicted octanol–water partition coefficient (Wildman–Crippen LogP) is 4.97. The Kier molecular flexibility index (Phi) is 17.7. The standard InChI is InChI=1S/C22H46N2O4S/c1-3-5-7-8-9-10-11-12-13-17-20(16-6-4-2)29(27,28)24-21(22(25)26)18-14-15-19-23/h20-21,24H,3-19,23H2,1-2H3,(H,25,26)/t20?,21-/m0/s1. The summed E-state index contributed by atoms with van der Waals surface area (Å²) in [5, 5.41) is 8.89. The Morgan fingerprint density at radius 1 is 0.793 bits per heavy atom. The van der Waals surface area contributed by atoms with Crippen molar-refractivity contribution in [2.75, 3.05) is 6.54 Å². The Hall–Kier alpha value is -0.660. The molecule has 1 unspecified atom stereocenters. The van der Waals surface area contributed by atoms with Gasteiger partial charge in [-0.05, 0) is 32.2 Å². The molecule has 0 rings (SSSR count). The third kappa shape index (κ3) is 14.9. The molecule has 6 nitrogen and oxygen atoms in total. The first kappa shape index (κ1) is 28.3. The van der Waals surface area contributed by atoms with E-state index in [1.807, 2.05) is 6.92 Å². The molecule has 0 heterocycles. The van der Waals surface area contributed by atoms with Crippen molar-refractivity contribution < 1.29 is 18.3 Å². The van der Waals surface area contributed by atoms with Crippen LogP contribution in [-0.4, -0.2) is 37.3 Å². The molecule has 0 saturated heterocycles. The van der Waals surface area contributed by atoms with Crippen molar-refractivity contribution in [1.82, 2.24) is 4.72 Å². The minimum atomic E-state index is -3.65. The van der Waals surface area contributed by atoms with Crippen molar-refractivity contribution in [2.24, 2.45) is 5.73 Å². The first-order chi connectivity index (χ1) is 13.9. The van der Waals surface area contributed by atoms with E-state index in [9.17, 15) is 18.3 Å². The quantitative estimate of drug-likeness (QED) is 0.221. The second-order valence-corrected chi connectivity index (χ2v) is 10.2. The number of carboxylic acids is 1. The highest BCUT2D eigenvalue weighted by atomic mass is 32.2. The van der Waals surface area contributed by atoms with Crippen LogP contribution in [0.2, 0.25) is 0 Å². The number of nitrogens with two attached hydrogens (primary N) is 1. The third-order valence-corrected chi connectivity index (χ3v) is 7.46. The molecule has 0 aromatic carbocycles. The molecule has 0 fully saturated rings. The van der Waals surface area contributed by atoms with Crippen LogP contribution in [0.3, 0.4) is 0 Å². The summed E-state index contributed by atoms with van der Waals surface area (Å²) in [4.78, 5) is 11.5. The number of aliphatic carboxylic acids is 1. The molecule has 0 aliphatic carbocycles. The normalized spacial score (nSPS) is 14.0. The van der Waals surface area contributed by atoms with Crippen LogP contribution in [0.4, 0.5) is 0 Å². The lowest BCUT2D eigenvalue weighted by atomic mass is 10.0. The van der Waals surface area contributed by atoms with Gasteiger partial charge >= 0.3 is 5.97 Å². The Bertz CT molecular complexity index is 497. The van der Waals surface area contributed by atoms with Crippen LogP contribution in [0, 0.1) is 0 Å². The van der Waals surface area contributed by atoms with Crippen molar-refractivity contribution in [3.8, 4) is 0 Å². The van der Waals surface area contributed by atoms with Gasteiger partial charge in [0, 0.05) is 0 Å². The van der Waals surface area contributed by atoms with Crippen LogP contribution >= 0.6 is 0 Å². The van der Waals surface area contributed by atoms with Gasteiger partial charge in [0.2, 0.25) is 10.0 Å². The summed E-state index contributed by atoms with van der Waals surface area (Å²) >= 11 is 0. The lowest BCUT2D eigenvalue weighted by Gasteiger charge is -2.21. The fraction of sp³-hybridized carbons (Fsp3) is 0.955. The van der Waals surface area contributed by atoms with Crippen LogP contribution in [-0.2, 0) is 14.8 Å². The summed E-state index contributed by atoms with van der Waals surface area (Å²) in [7, 11) is -3.65. The van der Waals surface area contributed by atoms with Crippen LogP contribution in [0.25, 0.3) is 0 Å². The van der Waals surface area contributed by atoms with Crippen molar-refractivity contribution in [3.63, 3.8) is 0 Å². The molecule has 29 heavy (non-hydrogen) atoms. The van der Waals surface area contributed by atoms with E-state index in [1.165, 1.54) is 38.5 Å². The maximum atomic E-state index is 12.9. The van der Waals surface area contributed by atoms with Gasteiger partial charge in [-0.2, -0.15) is 0 Å². The Labute approximate surface area is 179 Å². The minimum absolute atomic E-state index is 0.282. The highest BCUT2D eigenvalue weighted by Gasteiger charge is 2.30. The lowest BCUT2D eigenvalue weighted by Crippen LogP contribution is -2.45. The number of carbonyl (C=O) groups is 1. The summed E-state index contributed by atoms with van der Waals surface area (Å²) in [6.45, 7) is 4.75. The summed E-state index contributed by atoms with van der Waals surface area (Å²) in [5.74, 6) is -1.11. The molecule has 0 aliphatic rings. The summed E-state index contributed by atoms with van der Waals surface area (Å²) in [6, 6.07) is -1.06. The number of carboxylic acid groups (broad SMARTS) is 1. The Morgan fingerprint density at radius 2 is 1.28 bits per heavy atom. The molecule has 0 aromatic rings. The zero-order chi connectivity index (χ0) is 22.0. The smallest absolute Gasteiger partial charge is 0.321 e. The average molecular weight is 435 g/mol. The number of unbranched alkanes of at least 4 members (excludes halogenated alkanes) is 10. The van der Waals surface area contributed by atoms with Crippen molar-refractivity contribution >= 4 is 16.0 Å². The number of nitrogens with one attached hydrogen (secondary N) is 1. The predicted molar refractivity (Wildman–Crippen MR) is 122 cm³/mol. The largest absolute Gasteiger partial charge is 0.480 e. The molecular formula is C22H46N2O4S. The van der Waals surface area contributed by atoms with Gasteiger partial charge in [-0.3, -0.25) is 4.79 Å². The molecule has 0 aliphatic heterocycles. The minimum Gasteiger partial charge on any atom is -0.480 e. The Morgan fingerprint density at radius 3 is 1.79 bits per heavy atom. The first-order valence-electron chi connectivity index (χ1n) is 11.8. The van der Waals surface area contributed by atoms with Crippen LogP contribution in [0.15, 0.2) is 0 Å². The number of hydrogen-bond donors (Lipinski definition) is 3. The van der Waals surface area contributed by atoms with Crippen molar-refractivity contribution in [2.45, 2.75) is 128 Å². The van der Waals surface area contributed by atoms with E-state index in [1.54, 1.807) is 0 Å². The van der Waals surface area contributed by atoms with E-state index in [4.69, 9.17) is 5.73 Å². The summed E-state index contributed by atoms with van der Waals surface area (Å²) in [5.41, 5.74) is 5.45. The highest BCUT2D eigenvalue weighted by molar-refractivity contribution is 7.90. The van der Waals surface area contributed by atoms with E-state index in [2.05, 4.69) is 11.6 Å². The molecule has 0 saturated carbocycles. The topological polar surface area (TPSA) is 109 Å². The molecule has 174 valence electrons. The average Bonchev–Trinajstić information content (AvgIpc) is 2.67. The number of hydrogen-bond acceptors (Lipinski definition) is 4. The van der Waals surface area contributed by atoms with Gasteiger partial charge < -0.3 is 10.8 Å². The van der Waals surface area contributed by atoms with Crippen LogP contribution in [0.5, 0.6) is 0 Å². The van der Waals surface area contributed by atoms with E-state index < -0.39 is 27.3 Å². The molecular weight excluding hydrogens is 388 g/mol. The van der Waals surface area contributed by atoms with Gasteiger partial charge in [-0.15, -0.1) is 0 Å². The molecule has 0 amide bonds. The van der Waals surface area contributed by atoms with E-state index >= 15 is 0 Å². The van der Waals surface area contributed by atoms with Gasteiger partial charge in [0.05, 0.1) is 5.25 Å². The van der Waals surface area contributed by atoms with E-state index in [0.29, 0.717) is 32.2 Å². The maximum absolute atomic E-state index is 12.9. The number of rotatable bonds is 21. The molecule has 0 bridgehead atoms. The molecule has 4 N–H and O–H groups in total. The fourth-order valence-corrected chi connectivity index (χ4v) is 5.35. The van der Waals surface area contributed by atoms with Gasteiger partial charge in [0.15, 0.2) is 0 Å². The van der Waals surface area contributed by atoms with Crippen molar-refractivity contribution in [1.29, 1.82) is 0 Å². The van der Waals surface area contributed by atoms with E-state index in [0.717, 1.165) is 32.1 Å². The second-order valence-electron chi connectivity index (χ2n) is 8.22.